The number of aromatic nitrogens is 2. The second kappa shape index (κ2) is 8.52. The van der Waals surface area contributed by atoms with Crippen LogP contribution < -0.4 is 10.6 Å². The number of carbonyl (C=O) groups is 2. The third kappa shape index (κ3) is 4.96. The third-order valence-electron chi connectivity index (χ3n) is 4.26. The molecule has 0 aliphatic carbocycles. The van der Waals surface area contributed by atoms with Crippen LogP contribution in [0.4, 0.5) is 16.4 Å². The van der Waals surface area contributed by atoms with Crippen LogP contribution in [0.15, 0.2) is 28.9 Å². The molecule has 1 aliphatic heterocycles. The van der Waals surface area contributed by atoms with Crippen molar-refractivity contribution in [2.75, 3.05) is 25.0 Å². The first-order valence-electron chi connectivity index (χ1n) is 8.94. The maximum atomic E-state index is 12.5. The van der Waals surface area contributed by atoms with Gasteiger partial charge in [-0.2, -0.15) is 0 Å². The van der Waals surface area contributed by atoms with Crippen LogP contribution in [-0.2, 0) is 4.74 Å². The van der Waals surface area contributed by atoms with E-state index < -0.39 is 0 Å². The predicted molar refractivity (Wildman–Crippen MR) is 97.8 cm³/mol. The molecule has 9 nitrogen and oxygen atoms in total. The molecule has 0 bridgehead atoms. The first kappa shape index (κ1) is 18.7. The van der Waals surface area contributed by atoms with E-state index in [9.17, 15) is 9.59 Å². The van der Waals surface area contributed by atoms with E-state index in [1.807, 2.05) is 0 Å². The van der Waals surface area contributed by atoms with Gasteiger partial charge in [0.25, 0.3) is 5.91 Å². The van der Waals surface area contributed by atoms with Crippen LogP contribution in [-0.4, -0.2) is 52.8 Å². The molecule has 3 rings (SSSR count). The molecule has 2 aromatic rings. The summed E-state index contributed by atoms with van der Waals surface area (Å²) in [6.07, 6.45) is 2.65. The first-order chi connectivity index (χ1) is 13.0. The molecule has 0 aromatic carbocycles. The van der Waals surface area contributed by atoms with E-state index in [1.54, 1.807) is 43.1 Å². The van der Waals surface area contributed by atoms with E-state index in [2.05, 4.69) is 20.8 Å². The number of nitrogens with one attached hydrogen (secondary N) is 2. The Morgan fingerprint density at radius 3 is 2.74 bits per heavy atom. The lowest BCUT2D eigenvalue weighted by atomic mass is 10.0. The molecule has 0 saturated carbocycles. The van der Waals surface area contributed by atoms with Crippen LogP contribution in [0.3, 0.4) is 0 Å². The highest BCUT2D eigenvalue weighted by Crippen LogP contribution is 2.16. The molecule has 1 aliphatic rings. The number of piperidine rings is 1. The number of likely N-dealkylation sites (tertiary alicyclic amines) is 1. The fraction of sp³-hybridized carbons (Fsp3) is 0.444. The molecule has 1 saturated heterocycles. The summed E-state index contributed by atoms with van der Waals surface area (Å²) in [5.41, 5.74) is 0.500. The molecule has 0 atom stereocenters. The van der Waals surface area contributed by atoms with E-state index in [0.717, 1.165) is 0 Å². The van der Waals surface area contributed by atoms with E-state index in [4.69, 9.17) is 9.26 Å². The van der Waals surface area contributed by atoms with Crippen molar-refractivity contribution in [3.8, 4) is 0 Å². The monoisotopic (exact) mass is 373 g/mol. The Balaban J connectivity index is 1.54. The molecule has 0 spiro atoms. The predicted octanol–water partition coefficient (Wildman–Crippen LogP) is 2.47. The van der Waals surface area contributed by atoms with Crippen molar-refractivity contribution in [2.45, 2.75) is 32.7 Å². The van der Waals surface area contributed by atoms with Crippen molar-refractivity contribution >= 4 is 23.6 Å². The van der Waals surface area contributed by atoms with Gasteiger partial charge in [-0.05, 0) is 38.8 Å². The van der Waals surface area contributed by atoms with Gasteiger partial charge in [-0.1, -0.05) is 5.16 Å². The summed E-state index contributed by atoms with van der Waals surface area (Å²) < 4.78 is 10.0. The van der Waals surface area contributed by atoms with Crippen molar-refractivity contribution in [2.24, 2.45) is 0 Å². The van der Waals surface area contributed by atoms with Crippen molar-refractivity contribution in [3.05, 3.63) is 35.7 Å². The lowest BCUT2D eigenvalue weighted by Gasteiger charge is -2.31. The molecule has 9 heteroatoms. The molecule has 3 heterocycles. The quantitative estimate of drug-likeness (QED) is 0.828. The van der Waals surface area contributed by atoms with Crippen LogP contribution >= 0.6 is 0 Å². The highest BCUT2D eigenvalue weighted by Gasteiger charge is 2.24. The standard InChI is InChI=1S/C18H23N5O4/c1-3-26-18(25)23-8-5-14(6-9-23)20-17(24)13-4-7-19-15(11-13)21-16-10-12(2)27-22-16/h4,7,10-11,14H,3,5-6,8-9H2,1-2H3,(H,20,24)(H,19,21,22). The van der Waals surface area contributed by atoms with Crippen molar-refractivity contribution in [1.29, 1.82) is 0 Å². The third-order valence-corrected chi connectivity index (χ3v) is 4.26. The summed E-state index contributed by atoms with van der Waals surface area (Å²) in [6, 6.07) is 5.08. The van der Waals surface area contributed by atoms with Gasteiger partial charge in [-0.3, -0.25) is 4.79 Å². The molecular formula is C18H23N5O4. The lowest BCUT2D eigenvalue weighted by molar-refractivity contribution is 0.0860. The second-order valence-electron chi connectivity index (χ2n) is 6.31. The molecule has 0 unspecified atom stereocenters. The molecule has 1 fully saturated rings. The average Bonchev–Trinajstić information content (AvgIpc) is 3.07. The molecule has 2 aromatic heterocycles. The number of aryl methyl sites for hydroxylation is 1. The number of pyridine rings is 1. The maximum absolute atomic E-state index is 12.5. The second-order valence-corrected chi connectivity index (χ2v) is 6.31. The molecular weight excluding hydrogens is 350 g/mol. The van der Waals surface area contributed by atoms with Crippen LogP contribution in [0.25, 0.3) is 0 Å². The molecule has 2 amide bonds. The summed E-state index contributed by atoms with van der Waals surface area (Å²) in [6.45, 7) is 5.08. The van der Waals surface area contributed by atoms with Gasteiger partial charge in [0.15, 0.2) is 5.82 Å². The van der Waals surface area contributed by atoms with Gasteiger partial charge >= 0.3 is 6.09 Å². The van der Waals surface area contributed by atoms with E-state index >= 15 is 0 Å². The Kier molecular flexibility index (Phi) is 5.90. The van der Waals surface area contributed by atoms with Gasteiger partial charge in [0.05, 0.1) is 6.61 Å². The normalized spacial score (nSPS) is 14.7. The van der Waals surface area contributed by atoms with Gasteiger partial charge in [0.1, 0.15) is 11.6 Å². The Hall–Kier alpha value is -3.10. The smallest absolute Gasteiger partial charge is 0.409 e. The number of hydrogen-bond donors (Lipinski definition) is 2. The summed E-state index contributed by atoms with van der Waals surface area (Å²) in [4.78, 5) is 30.1. The number of hydrogen-bond acceptors (Lipinski definition) is 7. The van der Waals surface area contributed by atoms with E-state index in [-0.39, 0.29) is 18.0 Å². The van der Waals surface area contributed by atoms with Gasteiger partial charge in [-0.25, -0.2) is 9.78 Å². The van der Waals surface area contributed by atoms with Gasteiger partial charge in [0, 0.05) is 37.0 Å². The van der Waals surface area contributed by atoms with Crippen LogP contribution in [0.1, 0.15) is 35.9 Å². The summed E-state index contributed by atoms with van der Waals surface area (Å²) >= 11 is 0. The maximum Gasteiger partial charge on any atom is 0.409 e. The number of carbonyl (C=O) groups excluding carboxylic acids is 2. The number of nitrogens with zero attached hydrogens (tertiary/aromatic N) is 3. The van der Waals surface area contributed by atoms with Crippen LogP contribution in [0.2, 0.25) is 0 Å². The zero-order valence-electron chi connectivity index (χ0n) is 15.4. The number of rotatable bonds is 5. The van der Waals surface area contributed by atoms with Gasteiger partial charge in [0.2, 0.25) is 0 Å². The van der Waals surface area contributed by atoms with Crippen molar-refractivity contribution in [3.63, 3.8) is 0 Å². The molecule has 27 heavy (non-hydrogen) atoms. The highest BCUT2D eigenvalue weighted by atomic mass is 16.6. The zero-order valence-corrected chi connectivity index (χ0v) is 15.4. The minimum Gasteiger partial charge on any atom is -0.450 e. The number of amides is 2. The average molecular weight is 373 g/mol. The van der Waals surface area contributed by atoms with Crippen molar-refractivity contribution in [1.82, 2.24) is 20.4 Å². The largest absolute Gasteiger partial charge is 0.450 e. The topological polar surface area (TPSA) is 110 Å². The molecule has 2 N–H and O–H groups in total. The highest BCUT2D eigenvalue weighted by molar-refractivity contribution is 5.95. The van der Waals surface area contributed by atoms with E-state index in [0.29, 0.717) is 55.5 Å². The summed E-state index contributed by atoms with van der Waals surface area (Å²) in [7, 11) is 0. The van der Waals surface area contributed by atoms with Crippen LogP contribution in [0, 0.1) is 6.92 Å². The fourth-order valence-electron chi connectivity index (χ4n) is 2.89. The van der Waals surface area contributed by atoms with Gasteiger partial charge in [-0.15, -0.1) is 0 Å². The Morgan fingerprint density at radius 1 is 1.30 bits per heavy atom. The SMILES string of the molecule is CCOC(=O)N1CCC(NC(=O)c2ccnc(Nc3cc(C)on3)c2)CC1. The summed E-state index contributed by atoms with van der Waals surface area (Å²) in [5.74, 6) is 1.55. The summed E-state index contributed by atoms with van der Waals surface area (Å²) in [5, 5.41) is 9.86. The molecule has 0 radical (unpaired) electrons. The zero-order chi connectivity index (χ0) is 19.2. The van der Waals surface area contributed by atoms with Crippen molar-refractivity contribution < 1.29 is 18.8 Å². The Morgan fingerprint density at radius 2 is 2.07 bits per heavy atom. The fourth-order valence-corrected chi connectivity index (χ4v) is 2.89. The van der Waals surface area contributed by atoms with Crippen LogP contribution in [0.5, 0.6) is 0 Å². The minimum absolute atomic E-state index is 0.0194. The Labute approximate surface area is 157 Å². The minimum atomic E-state index is -0.296. The molecule has 144 valence electrons. The lowest BCUT2D eigenvalue weighted by Crippen LogP contribution is -2.46. The Bertz CT molecular complexity index is 799. The first-order valence-corrected chi connectivity index (χ1v) is 8.94. The van der Waals surface area contributed by atoms with E-state index in [1.165, 1.54) is 0 Å². The number of ether oxygens (including phenoxy) is 1. The van der Waals surface area contributed by atoms with Gasteiger partial charge < -0.3 is 24.8 Å². The number of anilines is 2.